The first-order valence-corrected chi connectivity index (χ1v) is 12.3. The first-order valence-electron chi connectivity index (χ1n) is 10.4. The summed E-state index contributed by atoms with van der Waals surface area (Å²) in [4.78, 5) is 25.8. The molecule has 2 amide bonds. The van der Waals surface area contributed by atoms with E-state index in [4.69, 9.17) is 9.94 Å². The average Bonchev–Trinajstić information content (AvgIpc) is 3.12. The number of aliphatic hydroxyl groups excluding tert-OH is 1. The predicted molar refractivity (Wildman–Crippen MR) is 123 cm³/mol. The fourth-order valence-corrected chi connectivity index (χ4v) is 4.68. The molecule has 0 bridgehead atoms. The summed E-state index contributed by atoms with van der Waals surface area (Å²) < 4.78 is 27.7. The zero-order valence-corrected chi connectivity index (χ0v) is 19.5. The van der Waals surface area contributed by atoms with Crippen molar-refractivity contribution in [1.82, 2.24) is 5.48 Å². The molecule has 10 heteroatoms. The lowest BCUT2D eigenvalue weighted by Gasteiger charge is -2.26. The van der Waals surface area contributed by atoms with E-state index < -0.39 is 38.8 Å². The van der Waals surface area contributed by atoms with E-state index in [-0.39, 0.29) is 13.0 Å². The fourth-order valence-electron chi connectivity index (χ4n) is 3.81. The van der Waals surface area contributed by atoms with E-state index in [0.29, 0.717) is 12.1 Å². The Hall–Kier alpha value is -2.95. The third kappa shape index (κ3) is 5.35. The molecule has 1 fully saturated rings. The number of nitrogens with zero attached hydrogens (tertiary/aromatic N) is 1. The second-order valence-electron chi connectivity index (χ2n) is 8.56. The molecule has 0 saturated carbocycles. The van der Waals surface area contributed by atoms with Gasteiger partial charge < -0.3 is 9.84 Å². The minimum absolute atomic E-state index is 0.0655. The van der Waals surface area contributed by atoms with Crippen molar-refractivity contribution in [3.8, 4) is 11.1 Å². The zero-order chi connectivity index (χ0) is 24.4. The Balaban J connectivity index is 1.73. The van der Waals surface area contributed by atoms with E-state index in [1.54, 1.807) is 19.1 Å². The van der Waals surface area contributed by atoms with E-state index >= 15 is 0 Å². The van der Waals surface area contributed by atoms with Gasteiger partial charge in [0.05, 0.1) is 12.6 Å². The maximum Gasteiger partial charge on any atom is 0.414 e. The molecule has 3 atom stereocenters. The molecule has 178 valence electrons. The third-order valence-electron chi connectivity index (χ3n) is 5.89. The van der Waals surface area contributed by atoms with Crippen LogP contribution < -0.4 is 10.4 Å². The molecule has 1 aliphatic heterocycles. The molecular formula is C23H28N2O7S. The van der Waals surface area contributed by atoms with Crippen LogP contribution in [0, 0.1) is 0 Å². The quantitative estimate of drug-likeness (QED) is 0.393. The second-order valence-corrected chi connectivity index (χ2v) is 11.0. The van der Waals surface area contributed by atoms with Crippen LogP contribution >= 0.6 is 0 Å². The standard InChI is InChI=1S/C23H28N2O7S/c1-15(26)12-16-4-6-17(7-5-16)18-8-10-19(11-9-18)25-14-20(32-22(25)28)13-23(2,21(27)24-29)33(3,30)31/h4-11,15,20,26,29H,12-14H2,1-3H3,(H,24,27)/t15?,20-,23+/m0/s1. The number of benzene rings is 2. The summed E-state index contributed by atoms with van der Waals surface area (Å²) in [5.74, 6) is -1.08. The summed E-state index contributed by atoms with van der Waals surface area (Å²) >= 11 is 0. The van der Waals surface area contributed by atoms with Gasteiger partial charge in [-0.2, -0.15) is 0 Å². The number of hydrogen-bond acceptors (Lipinski definition) is 7. The van der Waals surface area contributed by atoms with Crippen LogP contribution in [0.1, 0.15) is 25.8 Å². The highest BCUT2D eigenvalue weighted by molar-refractivity contribution is 7.92. The van der Waals surface area contributed by atoms with Gasteiger partial charge in [-0.05, 0) is 49.1 Å². The number of rotatable bonds is 8. The molecule has 1 aliphatic rings. The lowest BCUT2D eigenvalue weighted by Crippen LogP contribution is -2.51. The Morgan fingerprint density at radius 1 is 1.18 bits per heavy atom. The van der Waals surface area contributed by atoms with Crippen molar-refractivity contribution in [2.45, 2.75) is 43.6 Å². The predicted octanol–water partition coefficient (Wildman–Crippen LogP) is 2.30. The van der Waals surface area contributed by atoms with Crippen LogP contribution in [0.4, 0.5) is 10.5 Å². The molecule has 2 aromatic carbocycles. The topological polar surface area (TPSA) is 133 Å². The molecule has 2 aromatic rings. The summed E-state index contributed by atoms with van der Waals surface area (Å²) in [6, 6.07) is 15.1. The number of anilines is 1. The molecule has 1 heterocycles. The molecule has 3 N–H and O–H groups in total. The van der Waals surface area contributed by atoms with Gasteiger partial charge in [-0.1, -0.05) is 36.4 Å². The van der Waals surface area contributed by atoms with E-state index in [1.807, 2.05) is 36.4 Å². The van der Waals surface area contributed by atoms with Crippen molar-refractivity contribution in [1.29, 1.82) is 0 Å². The number of aliphatic hydroxyl groups is 1. The van der Waals surface area contributed by atoms with Crippen molar-refractivity contribution in [2.24, 2.45) is 0 Å². The molecule has 9 nitrogen and oxygen atoms in total. The largest absolute Gasteiger partial charge is 0.444 e. The summed E-state index contributed by atoms with van der Waals surface area (Å²) in [6.07, 6.45) is -0.724. The number of sulfone groups is 1. The van der Waals surface area contributed by atoms with Crippen LogP contribution in [0.15, 0.2) is 48.5 Å². The Labute approximate surface area is 192 Å². The average molecular weight is 477 g/mol. The summed E-state index contributed by atoms with van der Waals surface area (Å²) in [6.45, 7) is 2.99. The van der Waals surface area contributed by atoms with Gasteiger partial charge >= 0.3 is 6.09 Å². The molecule has 1 saturated heterocycles. The van der Waals surface area contributed by atoms with Crippen molar-refractivity contribution in [3.05, 3.63) is 54.1 Å². The first-order chi connectivity index (χ1) is 15.4. The highest BCUT2D eigenvalue weighted by atomic mass is 32.2. The van der Waals surface area contributed by atoms with E-state index in [0.717, 1.165) is 22.9 Å². The third-order valence-corrected chi connectivity index (χ3v) is 7.88. The van der Waals surface area contributed by atoms with Gasteiger partial charge in [-0.25, -0.2) is 18.7 Å². The van der Waals surface area contributed by atoms with E-state index in [1.165, 1.54) is 17.3 Å². The summed E-state index contributed by atoms with van der Waals surface area (Å²) in [5, 5.41) is 18.5. The minimum atomic E-state index is -3.90. The number of hydroxylamine groups is 1. The summed E-state index contributed by atoms with van der Waals surface area (Å²) in [7, 11) is -3.90. The molecule has 33 heavy (non-hydrogen) atoms. The van der Waals surface area contributed by atoms with Gasteiger partial charge in [0.15, 0.2) is 14.6 Å². The van der Waals surface area contributed by atoms with Crippen LogP contribution in [-0.2, 0) is 25.8 Å². The second kappa shape index (κ2) is 9.50. The van der Waals surface area contributed by atoms with Crippen LogP contribution in [0.25, 0.3) is 11.1 Å². The molecule has 1 unspecified atom stereocenters. The van der Waals surface area contributed by atoms with Gasteiger partial charge in [0.2, 0.25) is 0 Å². The van der Waals surface area contributed by atoms with Gasteiger partial charge in [-0.15, -0.1) is 0 Å². The van der Waals surface area contributed by atoms with Crippen LogP contribution in [0.5, 0.6) is 0 Å². The lowest BCUT2D eigenvalue weighted by molar-refractivity contribution is -0.132. The highest BCUT2D eigenvalue weighted by Crippen LogP contribution is 2.31. The Kier molecular flexibility index (Phi) is 7.11. The van der Waals surface area contributed by atoms with Crippen LogP contribution in [0.3, 0.4) is 0 Å². The zero-order valence-electron chi connectivity index (χ0n) is 18.7. The molecule has 0 aliphatic carbocycles. The number of amides is 2. The van der Waals surface area contributed by atoms with E-state index in [9.17, 15) is 23.1 Å². The van der Waals surface area contributed by atoms with Crippen molar-refractivity contribution in [2.75, 3.05) is 17.7 Å². The molecule has 0 spiro atoms. The van der Waals surface area contributed by atoms with Crippen molar-refractivity contribution in [3.63, 3.8) is 0 Å². The van der Waals surface area contributed by atoms with Crippen molar-refractivity contribution >= 4 is 27.5 Å². The highest BCUT2D eigenvalue weighted by Gasteiger charge is 2.48. The Bertz CT molecular complexity index is 1110. The number of carbonyl (C=O) groups excluding carboxylic acids is 2. The number of ether oxygens (including phenoxy) is 1. The Morgan fingerprint density at radius 2 is 1.73 bits per heavy atom. The monoisotopic (exact) mass is 476 g/mol. The molecule has 0 aromatic heterocycles. The van der Waals surface area contributed by atoms with Crippen molar-refractivity contribution < 1.29 is 33.1 Å². The molecule has 0 radical (unpaired) electrons. The van der Waals surface area contributed by atoms with Crippen LogP contribution in [-0.4, -0.2) is 60.5 Å². The number of carbonyl (C=O) groups is 2. The fraction of sp³-hybridized carbons (Fsp3) is 0.391. The smallest absolute Gasteiger partial charge is 0.414 e. The van der Waals surface area contributed by atoms with E-state index in [2.05, 4.69) is 0 Å². The van der Waals surface area contributed by atoms with Gasteiger partial charge in [0, 0.05) is 18.4 Å². The van der Waals surface area contributed by atoms with Gasteiger partial charge in [-0.3, -0.25) is 14.9 Å². The number of cyclic esters (lactones) is 1. The lowest BCUT2D eigenvalue weighted by atomic mass is 10.0. The first kappa shape index (κ1) is 24.7. The normalized spacial score (nSPS) is 19.0. The maximum absolute atomic E-state index is 12.4. The SMILES string of the molecule is CC(O)Cc1ccc(-c2ccc(N3C[C@H](C[C@](C)(C(=O)NO)S(C)(=O)=O)OC3=O)cc2)cc1. The Morgan fingerprint density at radius 3 is 2.21 bits per heavy atom. The summed E-state index contributed by atoms with van der Waals surface area (Å²) in [5.41, 5.74) is 4.92. The van der Waals surface area contributed by atoms with Gasteiger partial charge in [0.1, 0.15) is 6.10 Å². The number of hydrogen-bond donors (Lipinski definition) is 3. The maximum atomic E-state index is 12.4. The number of nitrogens with one attached hydrogen (secondary N) is 1. The minimum Gasteiger partial charge on any atom is -0.444 e. The molecular weight excluding hydrogens is 448 g/mol. The molecule has 3 rings (SSSR count). The van der Waals surface area contributed by atoms with Crippen LogP contribution in [0.2, 0.25) is 0 Å². The van der Waals surface area contributed by atoms with Gasteiger partial charge in [0.25, 0.3) is 5.91 Å².